The Balaban J connectivity index is 2.41. The van der Waals surface area contributed by atoms with Crippen molar-refractivity contribution in [1.29, 1.82) is 5.26 Å². The number of nitrogens with zero attached hydrogens (tertiary/aromatic N) is 1. The highest BCUT2D eigenvalue weighted by atomic mass is 16.4. The zero-order valence-electron chi connectivity index (χ0n) is 12.1. The minimum Gasteiger partial charge on any atom is -0.481 e. The Kier molecular flexibility index (Phi) is 6.96. The highest BCUT2D eigenvalue weighted by Crippen LogP contribution is 2.14. The van der Waals surface area contributed by atoms with E-state index >= 15 is 0 Å². The molecule has 0 saturated carbocycles. The summed E-state index contributed by atoms with van der Waals surface area (Å²) in [5.74, 6) is -0.696. The first kappa shape index (κ1) is 16.7. The van der Waals surface area contributed by atoms with Crippen LogP contribution in [-0.4, -0.2) is 23.5 Å². The maximum absolute atomic E-state index is 11.9. The number of hydrogen-bond acceptors (Lipinski definition) is 3. The molecule has 5 nitrogen and oxygen atoms in total. The molecule has 0 saturated heterocycles. The predicted molar refractivity (Wildman–Crippen MR) is 78.8 cm³/mol. The van der Waals surface area contributed by atoms with Gasteiger partial charge in [-0.3, -0.25) is 9.59 Å². The topological polar surface area (TPSA) is 90.2 Å². The van der Waals surface area contributed by atoms with Crippen LogP contribution in [0.5, 0.6) is 0 Å². The summed E-state index contributed by atoms with van der Waals surface area (Å²) in [6.07, 6.45) is 2.45. The highest BCUT2D eigenvalue weighted by Gasteiger charge is 2.10. The van der Waals surface area contributed by atoms with Crippen molar-refractivity contribution in [3.8, 4) is 6.07 Å². The minimum absolute atomic E-state index is 0.163. The van der Waals surface area contributed by atoms with E-state index in [9.17, 15) is 9.59 Å². The van der Waals surface area contributed by atoms with Gasteiger partial charge in [-0.15, -0.1) is 0 Å². The molecule has 0 aliphatic heterocycles. The van der Waals surface area contributed by atoms with Crippen molar-refractivity contribution in [3.05, 3.63) is 35.4 Å². The highest BCUT2D eigenvalue weighted by molar-refractivity contribution is 5.94. The third kappa shape index (κ3) is 6.09. The molecule has 0 radical (unpaired) electrons. The number of carbonyl (C=O) groups is 2. The second-order valence-corrected chi connectivity index (χ2v) is 4.94. The summed E-state index contributed by atoms with van der Waals surface area (Å²) in [4.78, 5) is 22.5. The quantitative estimate of drug-likeness (QED) is 0.769. The van der Waals surface area contributed by atoms with E-state index in [0.717, 1.165) is 12.8 Å². The fraction of sp³-hybridized carbons (Fsp3) is 0.438. The summed E-state index contributed by atoms with van der Waals surface area (Å²) < 4.78 is 0. The second-order valence-electron chi connectivity index (χ2n) is 4.94. The van der Waals surface area contributed by atoms with Crippen molar-refractivity contribution in [2.24, 2.45) is 5.92 Å². The van der Waals surface area contributed by atoms with Crippen LogP contribution in [0.15, 0.2) is 24.3 Å². The molecule has 1 aromatic rings. The summed E-state index contributed by atoms with van der Waals surface area (Å²) in [6, 6.07) is 8.54. The van der Waals surface area contributed by atoms with Crippen molar-refractivity contribution >= 4 is 11.9 Å². The van der Waals surface area contributed by atoms with Crippen LogP contribution in [-0.2, 0) is 4.79 Å². The number of amides is 1. The first-order valence-corrected chi connectivity index (χ1v) is 7.07. The van der Waals surface area contributed by atoms with E-state index in [1.54, 1.807) is 24.3 Å². The lowest BCUT2D eigenvalue weighted by atomic mass is 9.96. The van der Waals surface area contributed by atoms with Gasteiger partial charge in [-0.25, -0.2) is 0 Å². The zero-order chi connectivity index (χ0) is 15.7. The van der Waals surface area contributed by atoms with Gasteiger partial charge in [0.2, 0.25) is 0 Å². The average Bonchev–Trinajstić information content (AvgIpc) is 2.50. The monoisotopic (exact) mass is 288 g/mol. The van der Waals surface area contributed by atoms with E-state index in [2.05, 4.69) is 5.32 Å². The molecule has 0 aromatic heterocycles. The lowest BCUT2D eigenvalue weighted by molar-refractivity contribution is -0.137. The molecule has 0 aliphatic carbocycles. The molecule has 0 spiro atoms. The van der Waals surface area contributed by atoms with Crippen molar-refractivity contribution in [3.63, 3.8) is 0 Å². The molecule has 0 heterocycles. The van der Waals surface area contributed by atoms with Gasteiger partial charge in [0, 0.05) is 18.5 Å². The second kappa shape index (κ2) is 8.75. The van der Waals surface area contributed by atoms with E-state index in [1.165, 1.54) is 0 Å². The van der Waals surface area contributed by atoms with E-state index in [-0.39, 0.29) is 12.3 Å². The van der Waals surface area contributed by atoms with Crippen LogP contribution in [0.4, 0.5) is 0 Å². The molecule has 1 rings (SSSR count). The van der Waals surface area contributed by atoms with Gasteiger partial charge >= 0.3 is 5.97 Å². The van der Waals surface area contributed by atoms with Crippen molar-refractivity contribution < 1.29 is 14.7 Å². The number of aliphatic carboxylic acids is 1. The first-order valence-electron chi connectivity index (χ1n) is 7.07. The summed E-state index contributed by atoms with van der Waals surface area (Å²) in [6.45, 7) is 2.53. The van der Waals surface area contributed by atoms with Crippen molar-refractivity contribution in [2.75, 3.05) is 6.54 Å². The van der Waals surface area contributed by atoms with Crippen LogP contribution in [0, 0.1) is 17.2 Å². The van der Waals surface area contributed by atoms with Gasteiger partial charge in [0.25, 0.3) is 5.91 Å². The number of nitrogens with one attached hydrogen (secondary N) is 1. The Hall–Kier alpha value is -2.35. The Morgan fingerprint density at radius 3 is 2.76 bits per heavy atom. The maximum atomic E-state index is 11.9. The number of nitriles is 1. The first-order chi connectivity index (χ1) is 10.1. The van der Waals surface area contributed by atoms with Gasteiger partial charge < -0.3 is 10.4 Å². The summed E-state index contributed by atoms with van der Waals surface area (Å²) in [5, 5.41) is 20.3. The van der Waals surface area contributed by atoms with Crippen LogP contribution in [0.2, 0.25) is 0 Å². The molecule has 0 fully saturated rings. The smallest absolute Gasteiger partial charge is 0.303 e. The standard InChI is InChI=1S/C16H20N2O3/c1-2-12(6-7-15(19)20)8-9-18-16(21)14-5-3-4-13(10-14)11-17/h3-5,10,12H,2,6-9H2,1H3,(H,18,21)(H,19,20). The third-order valence-electron chi connectivity index (χ3n) is 3.44. The molecule has 1 atom stereocenters. The molecule has 2 N–H and O–H groups in total. The van der Waals surface area contributed by atoms with Crippen LogP contribution in [0.1, 0.15) is 48.5 Å². The molecule has 112 valence electrons. The lowest BCUT2D eigenvalue weighted by Crippen LogP contribution is -2.26. The van der Waals surface area contributed by atoms with E-state index in [1.807, 2.05) is 13.0 Å². The number of rotatable bonds is 8. The summed E-state index contributed by atoms with van der Waals surface area (Å²) in [5.41, 5.74) is 0.920. The number of carboxylic acids is 1. The number of carboxylic acid groups (broad SMARTS) is 1. The minimum atomic E-state index is -0.786. The molecular weight excluding hydrogens is 268 g/mol. The van der Waals surface area contributed by atoms with E-state index < -0.39 is 5.97 Å². The zero-order valence-corrected chi connectivity index (χ0v) is 12.1. The SMILES string of the molecule is CCC(CCNC(=O)c1cccc(C#N)c1)CCC(=O)O. The summed E-state index contributed by atoms with van der Waals surface area (Å²) in [7, 11) is 0. The Bertz CT molecular complexity index is 535. The lowest BCUT2D eigenvalue weighted by Gasteiger charge is -2.14. The number of carbonyl (C=O) groups excluding carboxylic acids is 1. The molecule has 1 aromatic carbocycles. The van der Waals surface area contributed by atoms with Gasteiger partial charge in [0.15, 0.2) is 0 Å². The number of benzene rings is 1. The van der Waals surface area contributed by atoms with Crippen molar-refractivity contribution in [2.45, 2.75) is 32.6 Å². The molecule has 1 amide bonds. The van der Waals surface area contributed by atoms with Crippen LogP contribution in [0.25, 0.3) is 0 Å². The van der Waals surface area contributed by atoms with Crippen molar-refractivity contribution in [1.82, 2.24) is 5.32 Å². The van der Waals surface area contributed by atoms with Gasteiger partial charge in [0.05, 0.1) is 11.6 Å². The molecule has 21 heavy (non-hydrogen) atoms. The van der Waals surface area contributed by atoms with Gasteiger partial charge in [-0.1, -0.05) is 19.4 Å². The molecule has 5 heteroatoms. The van der Waals surface area contributed by atoms with Gasteiger partial charge in [-0.2, -0.15) is 5.26 Å². The largest absolute Gasteiger partial charge is 0.481 e. The fourth-order valence-electron chi connectivity index (χ4n) is 2.10. The number of hydrogen-bond donors (Lipinski definition) is 2. The molecular formula is C16H20N2O3. The normalized spacial score (nSPS) is 11.4. The van der Waals surface area contributed by atoms with E-state index in [0.29, 0.717) is 30.0 Å². The predicted octanol–water partition coefficient (Wildman–Crippen LogP) is 2.57. The third-order valence-corrected chi connectivity index (χ3v) is 3.44. The van der Waals surface area contributed by atoms with Gasteiger partial charge in [0.1, 0.15) is 0 Å². The molecule has 0 aliphatic rings. The van der Waals surface area contributed by atoms with Crippen LogP contribution >= 0.6 is 0 Å². The summed E-state index contributed by atoms with van der Waals surface area (Å²) >= 11 is 0. The fourth-order valence-corrected chi connectivity index (χ4v) is 2.10. The maximum Gasteiger partial charge on any atom is 0.303 e. The molecule has 1 unspecified atom stereocenters. The van der Waals surface area contributed by atoms with Gasteiger partial charge in [-0.05, 0) is 37.0 Å². The van der Waals surface area contributed by atoms with Crippen LogP contribution < -0.4 is 5.32 Å². The molecule has 0 bridgehead atoms. The van der Waals surface area contributed by atoms with E-state index in [4.69, 9.17) is 10.4 Å². The Morgan fingerprint density at radius 1 is 1.38 bits per heavy atom. The Morgan fingerprint density at radius 2 is 2.14 bits per heavy atom. The average molecular weight is 288 g/mol. The Labute approximate surface area is 124 Å². The van der Waals surface area contributed by atoms with Crippen LogP contribution in [0.3, 0.4) is 0 Å².